The average Bonchev–Trinajstić information content (AvgIpc) is 2.96. The molecule has 2 heterocycles. The van der Waals surface area contributed by atoms with Crippen LogP contribution in [0.15, 0.2) is 36.7 Å². The molecule has 0 unspecified atom stereocenters. The lowest BCUT2D eigenvalue weighted by Crippen LogP contribution is -2.39. The van der Waals surface area contributed by atoms with Crippen LogP contribution in [0, 0.1) is 12.3 Å². The van der Waals surface area contributed by atoms with E-state index in [4.69, 9.17) is 5.21 Å². The second-order valence-corrected chi connectivity index (χ2v) is 7.31. The Labute approximate surface area is 165 Å². The van der Waals surface area contributed by atoms with Crippen molar-refractivity contribution in [2.45, 2.75) is 32.6 Å². The number of fused-ring (bicyclic) bond motifs is 1. The first-order chi connectivity index (χ1) is 12.5. The highest BCUT2D eigenvalue weighted by Crippen LogP contribution is 2.45. The number of carbonyl (C=O) groups excluding carboxylic acids is 2. The fraction of sp³-hybridized carbons (Fsp3) is 0.350. The third kappa shape index (κ3) is 3.33. The molecule has 2 aromatic rings. The maximum absolute atomic E-state index is 13.2. The van der Waals surface area contributed by atoms with Gasteiger partial charge in [0.2, 0.25) is 5.91 Å². The van der Waals surface area contributed by atoms with E-state index in [1.165, 1.54) is 0 Å². The van der Waals surface area contributed by atoms with Gasteiger partial charge in [0.15, 0.2) is 0 Å². The molecule has 1 aliphatic carbocycles. The van der Waals surface area contributed by atoms with E-state index in [0.717, 1.165) is 41.6 Å². The van der Waals surface area contributed by atoms with E-state index in [-0.39, 0.29) is 24.8 Å². The minimum Gasteiger partial charge on any atom is -0.310 e. The smallest absolute Gasteiger partial charge is 0.274 e. The van der Waals surface area contributed by atoms with Crippen LogP contribution in [0.1, 0.15) is 39.9 Å². The maximum Gasteiger partial charge on any atom is 0.274 e. The van der Waals surface area contributed by atoms with Gasteiger partial charge in [-0.15, -0.1) is 0 Å². The van der Waals surface area contributed by atoms with Gasteiger partial charge in [-0.3, -0.25) is 19.8 Å². The number of aromatic nitrogens is 1. The van der Waals surface area contributed by atoms with Gasteiger partial charge in [-0.2, -0.15) is 13.5 Å². The Kier molecular flexibility index (Phi) is 5.26. The quantitative estimate of drug-likeness (QED) is 0.615. The van der Waals surface area contributed by atoms with Crippen molar-refractivity contribution in [1.82, 2.24) is 10.5 Å². The summed E-state index contributed by atoms with van der Waals surface area (Å²) >= 11 is 0. The number of hydrogen-bond acceptors (Lipinski definition) is 4. The van der Waals surface area contributed by atoms with Crippen LogP contribution in [0.3, 0.4) is 0 Å². The van der Waals surface area contributed by atoms with Crippen molar-refractivity contribution in [2.75, 3.05) is 11.4 Å². The number of benzene rings is 1. The van der Waals surface area contributed by atoms with Crippen molar-refractivity contribution < 1.29 is 14.8 Å². The number of hydrogen-bond donors (Lipinski definition) is 2. The summed E-state index contributed by atoms with van der Waals surface area (Å²) in [7, 11) is 0. The zero-order valence-corrected chi connectivity index (χ0v) is 16.2. The molecule has 1 aromatic carbocycles. The maximum atomic E-state index is 13.2. The first-order valence-corrected chi connectivity index (χ1v) is 8.82. The van der Waals surface area contributed by atoms with Gasteiger partial charge >= 0.3 is 0 Å². The molecule has 1 fully saturated rings. The number of anilines is 1. The molecule has 2 N–H and O–H groups in total. The van der Waals surface area contributed by atoms with Crippen molar-refractivity contribution >= 4 is 31.0 Å². The summed E-state index contributed by atoms with van der Waals surface area (Å²) in [5.41, 5.74) is 5.85. The van der Waals surface area contributed by atoms with Crippen molar-refractivity contribution in [1.29, 1.82) is 0 Å². The highest BCUT2D eigenvalue weighted by Gasteiger charge is 2.48. The number of pyridine rings is 1. The second kappa shape index (κ2) is 7.32. The Hall–Kier alpha value is -2.38. The molecule has 142 valence electrons. The van der Waals surface area contributed by atoms with Crippen LogP contribution < -0.4 is 10.4 Å². The number of carbonyl (C=O) groups is 2. The normalized spacial score (nSPS) is 21.0. The zero-order chi connectivity index (χ0) is 18.3. The molecule has 0 bridgehead atoms. The summed E-state index contributed by atoms with van der Waals surface area (Å²) in [6.45, 7) is 2.69. The molecule has 1 spiro atoms. The minimum absolute atomic E-state index is 0. The van der Waals surface area contributed by atoms with E-state index >= 15 is 0 Å². The number of aryl methyl sites for hydroxylation is 2. The van der Waals surface area contributed by atoms with Gasteiger partial charge < -0.3 is 4.90 Å². The van der Waals surface area contributed by atoms with Gasteiger partial charge in [-0.25, -0.2) is 5.48 Å². The van der Waals surface area contributed by atoms with Gasteiger partial charge in [-0.05, 0) is 67.5 Å². The zero-order valence-electron chi connectivity index (χ0n) is 15.2. The molecule has 4 rings (SSSR count). The van der Waals surface area contributed by atoms with Crippen LogP contribution in [0.2, 0.25) is 0 Å². The highest BCUT2D eigenvalue weighted by molar-refractivity contribution is 7.59. The second-order valence-electron chi connectivity index (χ2n) is 7.31. The molecule has 1 atom stereocenters. The van der Waals surface area contributed by atoms with Gasteiger partial charge in [0.1, 0.15) is 0 Å². The summed E-state index contributed by atoms with van der Waals surface area (Å²) in [6.07, 6.45) is 6.60. The Bertz CT molecular complexity index is 902. The number of hydroxylamine groups is 1. The Morgan fingerprint density at radius 3 is 2.78 bits per heavy atom. The molecular weight excluding hydrogens is 362 g/mol. The lowest BCUT2D eigenvalue weighted by molar-refractivity contribution is -0.126. The monoisotopic (exact) mass is 385 g/mol. The van der Waals surface area contributed by atoms with E-state index in [1.54, 1.807) is 23.9 Å². The van der Waals surface area contributed by atoms with Gasteiger partial charge in [0.25, 0.3) is 5.91 Å². The molecule has 1 aliphatic heterocycles. The number of nitrogens with one attached hydrogen (secondary N) is 1. The molecule has 6 nitrogen and oxygen atoms in total. The molecule has 27 heavy (non-hydrogen) atoms. The van der Waals surface area contributed by atoms with Crippen molar-refractivity contribution in [3.8, 4) is 0 Å². The van der Waals surface area contributed by atoms with Crippen molar-refractivity contribution in [3.05, 3.63) is 58.9 Å². The molecule has 0 radical (unpaired) electrons. The van der Waals surface area contributed by atoms with Crippen LogP contribution in [0.4, 0.5) is 5.69 Å². The van der Waals surface area contributed by atoms with E-state index in [1.807, 2.05) is 30.0 Å². The third-order valence-electron chi connectivity index (χ3n) is 5.66. The first kappa shape index (κ1) is 19.4. The van der Waals surface area contributed by atoms with E-state index in [2.05, 4.69) is 4.98 Å². The summed E-state index contributed by atoms with van der Waals surface area (Å²) in [6, 6.07) is 7.42. The number of nitrogens with zero attached hydrogens (tertiary/aromatic N) is 2. The molecule has 7 heteroatoms. The summed E-state index contributed by atoms with van der Waals surface area (Å²) in [5.74, 6) is -0.337. The van der Waals surface area contributed by atoms with Crippen LogP contribution in [0.25, 0.3) is 0 Å². The van der Waals surface area contributed by atoms with Crippen LogP contribution in [0.5, 0.6) is 0 Å². The van der Waals surface area contributed by atoms with Gasteiger partial charge in [0.05, 0.1) is 17.3 Å². The molecule has 2 amide bonds. The standard InChI is InChI=1S/C20H21N3O3.H2S/c1-13-8-17(12-21-11-13)23-7-6-20(19(23)25)5-4-14-9-15(18(24)22-26)2-3-16(14)10-20;/h2-3,8-9,11-12,26H,4-7,10H2,1H3,(H,22,24);1H2/t20-;/m1./s1. The number of rotatable bonds is 2. The predicted molar refractivity (Wildman–Crippen MR) is 106 cm³/mol. The van der Waals surface area contributed by atoms with Gasteiger partial charge in [0, 0.05) is 18.3 Å². The molecule has 2 aliphatic rings. The molecule has 1 saturated heterocycles. The first-order valence-electron chi connectivity index (χ1n) is 8.82. The summed E-state index contributed by atoms with van der Waals surface area (Å²) in [4.78, 5) is 30.9. The lowest BCUT2D eigenvalue weighted by Gasteiger charge is -2.33. The minimum atomic E-state index is -0.511. The van der Waals surface area contributed by atoms with Crippen molar-refractivity contribution in [2.24, 2.45) is 5.41 Å². The fourth-order valence-corrected chi connectivity index (χ4v) is 4.21. The largest absolute Gasteiger partial charge is 0.310 e. The Morgan fingerprint density at radius 1 is 1.22 bits per heavy atom. The third-order valence-corrected chi connectivity index (χ3v) is 5.66. The van der Waals surface area contributed by atoms with E-state index < -0.39 is 5.91 Å². The molecular formula is C20H23N3O3S. The van der Waals surface area contributed by atoms with Crippen LogP contribution in [-0.2, 0) is 17.6 Å². The van der Waals surface area contributed by atoms with Crippen LogP contribution >= 0.6 is 13.5 Å². The summed E-state index contributed by atoms with van der Waals surface area (Å²) in [5, 5.41) is 8.80. The highest BCUT2D eigenvalue weighted by atomic mass is 32.1. The summed E-state index contributed by atoms with van der Waals surface area (Å²) < 4.78 is 0. The lowest BCUT2D eigenvalue weighted by atomic mass is 9.70. The molecule has 1 aromatic heterocycles. The predicted octanol–water partition coefficient (Wildman–Crippen LogP) is 2.53. The van der Waals surface area contributed by atoms with E-state index in [9.17, 15) is 9.59 Å². The van der Waals surface area contributed by atoms with Crippen molar-refractivity contribution in [3.63, 3.8) is 0 Å². The van der Waals surface area contributed by atoms with E-state index in [0.29, 0.717) is 18.5 Å². The van der Waals surface area contributed by atoms with Crippen LogP contribution in [-0.4, -0.2) is 28.6 Å². The Balaban J connectivity index is 0.00000210. The fourth-order valence-electron chi connectivity index (χ4n) is 4.21. The average molecular weight is 385 g/mol. The topological polar surface area (TPSA) is 82.5 Å². The number of amides is 2. The van der Waals surface area contributed by atoms with Gasteiger partial charge in [-0.1, -0.05) is 6.07 Å². The Morgan fingerprint density at radius 2 is 2.04 bits per heavy atom. The molecule has 0 saturated carbocycles. The SMILES string of the molecule is Cc1cncc(N2CC[C@@]3(CCc4cc(C(=O)NO)ccc4C3)C2=O)c1.S.